The summed E-state index contributed by atoms with van der Waals surface area (Å²) in [5, 5.41) is 22.0. The molecule has 15 heteroatoms. The summed E-state index contributed by atoms with van der Waals surface area (Å²) in [5.74, 6) is -3.06. The van der Waals surface area contributed by atoms with Crippen molar-refractivity contribution in [2.24, 2.45) is 0 Å². The average molecular weight is 826 g/mol. The predicted molar refractivity (Wildman–Crippen MR) is 229 cm³/mol. The number of anilines is 3. The van der Waals surface area contributed by atoms with Crippen molar-refractivity contribution in [3.8, 4) is 0 Å². The molecule has 0 aliphatic rings. The predicted octanol–water partition coefficient (Wildman–Crippen LogP) is 8.89. The van der Waals surface area contributed by atoms with Crippen LogP contribution in [0, 0.1) is 17.0 Å². The van der Waals surface area contributed by atoms with E-state index in [9.17, 15) is 34.1 Å². The van der Waals surface area contributed by atoms with Crippen LogP contribution in [-0.4, -0.2) is 41.6 Å². The molecular formula is C44H35N5O8S2. The number of thiophene rings is 1. The Morgan fingerprint density at radius 2 is 1.37 bits per heavy atom. The number of methoxy groups -OCH3 is 1. The van der Waals surface area contributed by atoms with Crippen molar-refractivity contribution in [2.45, 2.75) is 17.1 Å². The maximum atomic E-state index is 14.2. The molecule has 0 saturated carbocycles. The molecule has 0 saturated heterocycles. The van der Waals surface area contributed by atoms with E-state index < -0.39 is 39.8 Å². The minimum atomic E-state index is -0.893. The number of ether oxygens (including phenoxy) is 1. The van der Waals surface area contributed by atoms with E-state index in [2.05, 4.69) is 21.3 Å². The number of nitrogens with one attached hydrogen (secondary N) is 4. The van der Waals surface area contributed by atoms with E-state index in [4.69, 9.17) is 4.74 Å². The van der Waals surface area contributed by atoms with E-state index in [-0.39, 0.29) is 38.0 Å². The fourth-order valence-corrected chi connectivity index (χ4v) is 7.99. The van der Waals surface area contributed by atoms with Crippen LogP contribution in [0.3, 0.4) is 0 Å². The van der Waals surface area contributed by atoms with Crippen molar-refractivity contribution in [1.82, 2.24) is 5.32 Å². The third-order valence-corrected chi connectivity index (χ3v) is 11.1. The van der Waals surface area contributed by atoms with Crippen molar-refractivity contribution >= 4 is 80.8 Å². The molecule has 0 fully saturated rings. The molecule has 0 aliphatic carbocycles. The number of nitro benzene ring substituents is 1. The van der Waals surface area contributed by atoms with Gasteiger partial charge in [-0.15, -0.1) is 23.1 Å². The number of para-hydroxylation sites is 2. The lowest BCUT2D eigenvalue weighted by atomic mass is 10.1. The van der Waals surface area contributed by atoms with Crippen molar-refractivity contribution in [3.63, 3.8) is 0 Å². The highest BCUT2D eigenvalue weighted by atomic mass is 32.2. The van der Waals surface area contributed by atoms with Gasteiger partial charge in [0, 0.05) is 27.9 Å². The zero-order valence-electron chi connectivity index (χ0n) is 31.5. The molecule has 0 aliphatic heterocycles. The van der Waals surface area contributed by atoms with Crippen LogP contribution < -0.4 is 21.3 Å². The Bertz CT molecular complexity index is 2560. The molecule has 0 radical (unpaired) electrons. The van der Waals surface area contributed by atoms with Gasteiger partial charge in [0.05, 0.1) is 28.0 Å². The van der Waals surface area contributed by atoms with E-state index in [0.717, 1.165) is 23.1 Å². The Morgan fingerprint density at radius 3 is 2.05 bits per heavy atom. The lowest BCUT2D eigenvalue weighted by Crippen LogP contribution is -2.30. The SMILES string of the molecule is COC(=O)c1c(NC(=O)C(Sc2cccc(NC(=O)/C(=C\c3ccccc3[N+](=O)[O-])NC(=O)c3ccccc3)c2)c2ccccc2)sc(C(=O)Nc2ccccc2)c1C. The fraction of sp³-hybridized carbons (Fsp3) is 0.0682. The first-order valence-corrected chi connectivity index (χ1v) is 19.6. The minimum absolute atomic E-state index is 0.0506. The summed E-state index contributed by atoms with van der Waals surface area (Å²) in [4.78, 5) is 79.6. The number of amides is 4. The van der Waals surface area contributed by atoms with Gasteiger partial charge in [0.2, 0.25) is 5.91 Å². The normalized spacial score (nSPS) is 11.5. The highest BCUT2D eigenvalue weighted by Gasteiger charge is 2.30. The summed E-state index contributed by atoms with van der Waals surface area (Å²) in [7, 11) is 1.21. The Labute approximate surface area is 346 Å². The van der Waals surface area contributed by atoms with E-state index in [0.29, 0.717) is 27.4 Å². The van der Waals surface area contributed by atoms with Crippen LogP contribution in [0.1, 0.15) is 52.3 Å². The van der Waals surface area contributed by atoms with Crippen LogP contribution in [0.15, 0.2) is 150 Å². The lowest BCUT2D eigenvalue weighted by Gasteiger charge is -2.18. The molecule has 6 aromatic rings. The maximum absolute atomic E-state index is 14.2. The Morgan fingerprint density at radius 1 is 0.746 bits per heavy atom. The first-order valence-electron chi connectivity index (χ1n) is 17.9. The summed E-state index contributed by atoms with van der Waals surface area (Å²) in [6.07, 6.45) is 1.23. The van der Waals surface area contributed by atoms with Gasteiger partial charge in [-0.25, -0.2) is 4.79 Å². The smallest absolute Gasteiger partial charge is 0.341 e. The van der Waals surface area contributed by atoms with Gasteiger partial charge in [-0.2, -0.15) is 0 Å². The summed E-state index contributed by atoms with van der Waals surface area (Å²) < 4.78 is 5.03. The summed E-state index contributed by atoms with van der Waals surface area (Å²) >= 11 is 2.11. The molecule has 0 bridgehead atoms. The molecule has 59 heavy (non-hydrogen) atoms. The van der Waals surface area contributed by atoms with Gasteiger partial charge in [0.25, 0.3) is 23.4 Å². The Balaban J connectivity index is 1.27. The number of esters is 1. The van der Waals surface area contributed by atoms with Crippen LogP contribution >= 0.6 is 23.1 Å². The third-order valence-electron chi connectivity index (χ3n) is 8.66. The third kappa shape index (κ3) is 10.3. The van der Waals surface area contributed by atoms with Gasteiger partial charge in [-0.05, 0) is 72.7 Å². The van der Waals surface area contributed by atoms with Gasteiger partial charge < -0.3 is 26.0 Å². The van der Waals surface area contributed by atoms with Crippen molar-refractivity contribution < 1.29 is 33.6 Å². The number of carbonyl (C=O) groups is 5. The number of thioether (sulfide) groups is 1. The van der Waals surface area contributed by atoms with Gasteiger partial charge in [-0.1, -0.05) is 84.9 Å². The number of rotatable bonds is 14. The molecule has 13 nitrogen and oxygen atoms in total. The molecule has 1 heterocycles. The molecule has 5 aromatic carbocycles. The molecule has 0 spiro atoms. The number of carbonyl (C=O) groups excluding carboxylic acids is 5. The van der Waals surface area contributed by atoms with Crippen molar-refractivity contribution in [1.29, 1.82) is 0 Å². The summed E-state index contributed by atoms with van der Waals surface area (Å²) in [6, 6.07) is 38.4. The number of nitro groups is 1. The number of nitrogens with zero attached hydrogens (tertiary/aromatic N) is 1. The zero-order valence-corrected chi connectivity index (χ0v) is 33.1. The highest BCUT2D eigenvalue weighted by Crippen LogP contribution is 2.40. The second-order valence-corrected chi connectivity index (χ2v) is 14.8. The van der Waals surface area contributed by atoms with Crippen LogP contribution in [0.2, 0.25) is 0 Å². The summed E-state index contributed by atoms with van der Waals surface area (Å²) in [5.41, 5.74) is 1.71. The Hall–Kier alpha value is -7.36. The standard InChI is InChI=1S/C44H35N5O8S2/c1-27-36(44(54)57-2)43(59-37(27)41(52)45-31-20-10-5-11-21-31)48-42(53)38(28-15-6-3-7-16-28)58-33-23-14-22-32(26-33)46-40(51)34(47-39(50)29-17-8-4-9-18-29)25-30-19-12-13-24-35(30)49(55)56/h3-26,38H,1-2H3,(H,45,52)(H,46,51)(H,47,50)(H,48,53)/b34-25+. The highest BCUT2D eigenvalue weighted by molar-refractivity contribution is 8.00. The average Bonchev–Trinajstić information content (AvgIpc) is 3.58. The van der Waals surface area contributed by atoms with Gasteiger partial charge in [0.1, 0.15) is 15.9 Å². The molecule has 4 N–H and O–H groups in total. The second-order valence-electron chi connectivity index (χ2n) is 12.6. The van der Waals surface area contributed by atoms with Gasteiger partial charge >= 0.3 is 5.97 Å². The molecule has 1 aromatic heterocycles. The zero-order chi connectivity index (χ0) is 41.9. The van der Waals surface area contributed by atoms with Crippen molar-refractivity contribution in [3.05, 3.63) is 188 Å². The molecule has 296 valence electrons. The van der Waals surface area contributed by atoms with Crippen LogP contribution in [0.5, 0.6) is 0 Å². The maximum Gasteiger partial charge on any atom is 0.341 e. The van der Waals surface area contributed by atoms with E-state index in [1.165, 1.54) is 31.4 Å². The molecular weight excluding hydrogens is 791 g/mol. The molecule has 4 amide bonds. The van der Waals surface area contributed by atoms with Crippen LogP contribution in [0.4, 0.5) is 22.1 Å². The van der Waals surface area contributed by atoms with E-state index in [1.807, 2.05) is 6.07 Å². The van der Waals surface area contributed by atoms with E-state index in [1.54, 1.807) is 122 Å². The van der Waals surface area contributed by atoms with Crippen LogP contribution in [-0.2, 0) is 14.3 Å². The van der Waals surface area contributed by atoms with Crippen LogP contribution in [0.25, 0.3) is 6.08 Å². The molecule has 1 unspecified atom stereocenters. The Kier molecular flexibility index (Phi) is 13.4. The number of benzene rings is 5. The molecule has 1 atom stereocenters. The topological polar surface area (TPSA) is 186 Å². The first-order chi connectivity index (χ1) is 28.5. The fourth-order valence-electron chi connectivity index (χ4n) is 5.81. The minimum Gasteiger partial charge on any atom is -0.465 e. The molecule has 6 rings (SSSR count). The van der Waals surface area contributed by atoms with Gasteiger partial charge in [0.15, 0.2) is 0 Å². The number of hydrogen-bond acceptors (Lipinski definition) is 10. The first kappa shape index (κ1) is 41.3. The quantitative estimate of drug-likeness (QED) is 0.0274. The van der Waals surface area contributed by atoms with Crippen molar-refractivity contribution in [2.75, 3.05) is 23.1 Å². The van der Waals surface area contributed by atoms with E-state index >= 15 is 0 Å². The summed E-state index contributed by atoms with van der Waals surface area (Å²) in [6.45, 7) is 1.61. The number of hydrogen-bond donors (Lipinski definition) is 4. The lowest BCUT2D eigenvalue weighted by molar-refractivity contribution is -0.385. The largest absolute Gasteiger partial charge is 0.465 e. The second kappa shape index (κ2) is 19.2. The van der Waals surface area contributed by atoms with Gasteiger partial charge in [-0.3, -0.25) is 29.3 Å². The monoisotopic (exact) mass is 825 g/mol.